The van der Waals surface area contributed by atoms with Crippen molar-refractivity contribution in [1.82, 2.24) is 4.90 Å². The van der Waals surface area contributed by atoms with Crippen LogP contribution in [0.1, 0.15) is 10.9 Å². The van der Waals surface area contributed by atoms with Crippen LogP contribution in [-0.4, -0.2) is 34.8 Å². The molecule has 0 spiro atoms. The van der Waals surface area contributed by atoms with Gasteiger partial charge in [-0.05, 0) is 29.8 Å². The lowest BCUT2D eigenvalue weighted by atomic mass is 10.2. The van der Waals surface area contributed by atoms with Gasteiger partial charge in [-0.25, -0.2) is 4.79 Å². The predicted octanol–water partition coefficient (Wildman–Crippen LogP) is 4.48. The number of nitro benzene ring substituents is 1. The van der Waals surface area contributed by atoms with Gasteiger partial charge in [0, 0.05) is 36.2 Å². The Morgan fingerprint density at radius 3 is 2.70 bits per heavy atom. The Balaban J connectivity index is 1.71. The maximum Gasteiger partial charge on any atom is 0.387 e. The van der Waals surface area contributed by atoms with Crippen LogP contribution in [-0.2, 0) is 0 Å². The van der Waals surface area contributed by atoms with Gasteiger partial charge in [-0.2, -0.15) is 8.78 Å². The molecule has 0 aliphatic carbocycles. The van der Waals surface area contributed by atoms with E-state index < -0.39 is 17.6 Å². The number of alkyl halides is 2. The Morgan fingerprint density at radius 2 is 2.04 bits per heavy atom. The number of thioether (sulfide) groups is 1. The van der Waals surface area contributed by atoms with Gasteiger partial charge in [0.1, 0.15) is 11.1 Å². The number of rotatable bonds is 5. The second kappa shape index (κ2) is 8.21. The van der Waals surface area contributed by atoms with Crippen LogP contribution in [0.4, 0.5) is 25.0 Å². The SMILES string of the molecule is O=C(Nc1cccc(OC(F)F)c1)N1CCSC1c1ccc([N+](=O)[O-])cc1. The van der Waals surface area contributed by atoms with Crippen LogP contribution in [0.3, 0.4) is 0 Å². The molecule has 1 fully saturated rings. The van der Waals surface area contributed by atoms with E-state index in [2.05, 4.69) is 10.1 Å². The molecule has 10 heteroatoms. The maximum atomic E-state index is 12.6. The number of benzene rings is 2. The quantitative estimate of drug-likeness (QED) is 0.596. The molecule has 1 unspecified atom stereocenters. The third kappa shape index (κ3) is 4.64. The average molecular weight is 395 g/mol. The molecule has 0 saturated carbocycles. The molecule has 7 nitrogen and oxygen atoms in total. The molecule has 0 bridgehead atoms. The molecule has 142 valence electrons. The van der Waals surface area contributed by atoms with Crippen molar-refractivity contribution in [3.63, 3.8) is 0 Å². The third-order valence-corrected chi connectivity index (χ3v) is 5.11. The molecule has 1 N–H and O–H groups in total. The number of ether oxygens (including phenoxy) is 1. The largest absolute Gasteiger partial charge is 0.435 e. The molecule has 0 radical (unpaired) electrons. The lowest BCUT2D eigenvalue weighted by Gasteiger charge is -2.24. The van der Waals surface area contributed by atoms with Crippen LogP contribution in [0, 0.1) is 10.1 Å². The van der Waals surface area contributed by atoms with Crippen LogP contribution in [0.25, 0.3) is 0 Å². The first-order valence-corrected chi connectivity index (χ1v) is 8.97. The van der Waals surface area contributed by atoms with E-state index in [1.165, 1.54) is 42.1 Å². The van der Waals surface area contributed by atoms with Crippen molar-refractivity contribution in [1.29, 1.82) is 0 Å². The zero-order valence-corrected chi connectivity index (χ0v) is 14.7. The Hall–Kier alpha value is -2.88. The first kappa shape index (κ1) is 18.9. The van der Waals surface area contributed by atoms with E-state index >= 15 is 0 Å². The number of anilines is 1. The summed E-state index contributed by atoms with van der Waals surface area (Å²) in [5, 5.41) is 13.2. The number of amides is 2. The van der Waals surface area contributed by atoms with Gasteiger partial charge < -0.3 is 15.0 Å². The highest BCUT2D eigenvalue weighted by Gasteiger charge is 2.31. The summed E-state index contributed by atoms with van der Waals surface area (Å²) in [6.07, 6.45) is 0. The molecule has 1 heterocycles. The van der Waals surface area contributed by atoms with Crippen LogP contribution in [0.15, 0.2) is 48.5 Å². The monoisotopic (exact) mass is 395 g/mol. The summed E-state index contributed by atoms with van der Waals surface area (Å²) in [4.78, 5) is 24.5. The van der Waals surface area contributed by atoms with Crippen molar-refractivity contribution in [2.45, 2.75) is 12.0 Å². The maximum absolute atomic E-state index is 12.6. The van der Waals surface area contributed by atoms with E-state index in [9.17, 15) is 23.7 Å². The Kier molecular flexibility index (Phi) is 5.75. The van der Waals surface area contributed by atoms with E-state index in [0.29, 0.717) is 18.0 Å². The molecule has 2 amide bonds. The first-order valence-electron chi connectivity index (χ1n) is 7.92. The number of nitrogens with zero attached hydrogens (tertiary/aromatic N) is 2. The molecular weight excluding hydrogens is 380 g/mol. The van der Waals surface area contributed by atoms with E-state index in [1.54, 1.807) is 23.1 Å². The zero-order valence-electron chi connectivity index (χ0n) is 13.9. The van der Waals surface area contributed by atoms with Gasteiger partial charge in [0.15, 0.2) is 0 Å². The van der Waals surface area contributed by atoms with Gasteiger partial charge >= 0.3 is 12.6 Å². The fraction of sp³-hybridized carbons (Fsp3) is 0.235. The van der Waals surface area contributed by atoms with Gasteiger partial charge in [0.05, 0.1) is 4.92 Å². The fourth-order valence-corrected chi connectivity index (χ4v) is 3.92. The number of nitro groups is 1. The van der Waals surface area contributed by atoms with E-state index in [0.717, 1.165) is 5.56 Å². The lowest BCUT2D eigenvalue weighted by Crippen LogP contribution is -2.34. The number of carbonyl (C=O) groups excluding carboxylic acids is 1. The number of halogens is 2. The highest BCUT2D eigenvalue weighted by atomic mass is 32.2. The van der Waals surface area contributed by atoms with Crippen molar-refractivity contribution < 1.29 is 23.2 Å². The normalized spacial score (nSPS) is 16.4. The van der Waals surface area contributed by atoms with E-state index in [4.69, 9.17) is 0 Å². The van der Waals surface area contributed by atoms with Crippen molar-refractivity contribution in [2.75, 3.05) is 17.6 Å². The summed E-state index contributed by atoms with van der Waals surface area (Å²) >= 11 is 1.54. The second-order valence-electron chi connectivity index (χ2n) is 5.60. The number of non-ortho nitro benzene ring substituents is 1. The van der Waals surface area contributed by atoms with Gasteiger partial charge in [-0.3, -0.25) is 10.1 Å². The minimum Gasteiger partial charge on any atom is -0.435 e. The number of carbonyl (C=O) groups is 1. The molecule has 1 atom stereocenters. The molecule has 2 aromatic carbocycles. The molecule has 27 heavy (non-hydrogen) atoms. The number of nitrogens with one attached hydrogen (secondary N) is 1. The van der Waals surface area contributed by atoms with Crippen LogP contribution >= 0.6 is 11.8 Å². The molecule has 1 aliphatic rings. The Morgan fingerprint density at radius 1 is 1.30 bits per heavy atom. The third-order valence-electron chi connectivity index (χ3n) is 3.85. The van der Waals surface area contributed by atoms with Gasteiger partial charge in [0.25, 0.3) is 5.69 Å². The molecule has 1 saturated heterocycles. The minimum absolute atomic E-state index is 0.0198. The van der Waals surface area contributed by atoms with Gasteiger partial charge in [0.2, 0.25) is 0 Å². The van der Waals surface area contributed by atoms with Crippen molar-refractivity contribution in [2.24, 2.45) is 0 Å². The summed E-state index contributed by atoms with van der Waals surface area (Å²) in [6, 6.07) is 11.4. The van der Waals surface area contributed by atoms with Crippen LogP contribution in [0.5, 0.6) is 5.75 Å². The average Bonchev–Trinajstić information content (AvgIpc) is 3.11. The number of urea groups is 1. The van der Waals surface area contributed by atoms with E-state index in [-0.39, 0.29) is 16.8 Å². The number of hydrogen-bond acceptors (Lipinski definition) is 5. The van der Waals surface area contributed by atoms with Gasteiger partial charge in [-0.15, -0.1) is 11.8 Å². The van der Waals surface area contributed by atoms with Crippen molar-refractivity contribution >= 4 is 29.2 Å². The predicted molar refractivity (Wildman–Crippen MR) is 97.1 cm³/mol. The smallest absolute Gasteiger partial charge is 0.387 e. The van der Waals surface area contributed by atoms with Gasteiger partial charge in [-0.1, -0.05) is 6.07 Å². The Bertz CT molecular complexity index is 835. The summed E-state index contributed by atoms with van der Waals surface area (Å²) in [5.74, 6) is 0.661. The van der Waals surface area contributed by atoms with Crippen molar-refractivity contribution in [3.05, 3.63) is 64.2 Å². The zero-order chi connectivity index (χ0) is 19.4. The lowest BCUT2D eigenvalue weighted by molar-refractivity contribution is -0.384. The molecular formula is C17H15F2N3O4S. The standard InChI is InChI=1S/C17H15F2N3O4S/c18-16(19)26-14-3-1-2-12(10-14)20-17(23)21-8-9-27-15(21)11-4-6-13(7-5-11)22(24)25/h1-7,10,15-16H,8-9H2,(H,20,23). The first-order chi connectivity index (χ1) is 12.9. The summed E-state index contributed by atoms with van der Waals surface area (Å²) in [6.45, 7) is -2.46. The summed E-state index contributed by atoms with van der Waals surface area (Å²) in [5.41, 5.74) is 1.08. The fourth-order valence-electron chi connectivity index (χ4n) is 2.66. The topological polar surface area (TPSA) is 84.7 Å². The number of hydrogen-bond donors (Lipinski definition) is 1. The van der Waals surface area contributed by atoms with E-state index in [1.807, 2.05) is 0 Å². The second-order valence-corrected chi connectivity index (χ2v) is 6.79. The highest BCUT2D eigenvalue weighted by molar-refractivity contribution is 7.99. The minimum atomic E-state index is -2.95. The molecule has 1 aliphatic heterocycles. The molecule has 0 aromatic heterocycles. The summed E-state index contributed by atoms with van der Waals surface area (Å²) < 4.78 is 29.0. The van der Waals surface area contributed by atoms with Crippen LogP contribution in [0.2, 0.25) is 0 Å². The highest BCUT2D eigenvalue weighted by Crippen LogP contribution is 2.38. The molecule has 2 aromatic rings. The summed E-state index contributed by atoms with van der Waals surface area (Å²) in [7, 11) is 0. The van der Waals surface area contributed by atoms with Crippen molar-refractivity contribution in [3.8, 4) is 5.75 Å². The Labute approximate surface area is 157 Å². The van der Waals surface area contributed by atoms with Crippen LogP contribution < -0.4 is 10.1 Å². The molecule has 3 rings (SSSR count).